The van der Waals surface area contributed by atoms with Crippen LogP contribution >= 0.6 is 0 Å². The Morgan fingerprint density at radius 2 is 1.65 bits per heavy atom. The number of benzene rings is 2. The molecular formula is C20H27N3O3. The van der Waals surface area contributed by atoms with Crippen LogP contribution in [0.15, 0.2) is 47.5 Å². The maximum Gasteiger partial charge on any atom is 0.191 e. The Hall–Kier alpha value is -2.89. The minimum absolute atomic E-state index is 0.527. The Kier molecular flexibility index (Phi) is 7.61. The smallest absolute Gasteiger partial charge is 0.191 e. The van der Waals surface area contributed by atoms with E-state index in [4.69, 9.17) is 14.2 Å². The summed E-state index contributed by atoms with van der Waals surface area (Å²) in [4.78, 5) is 4.65. The zero-order valence-corrected chi connectivity index (χ0v) is 15.8. The first-order valence-electron chi connectivity index (χ1n) is 8.56. The highest BCUT2D eigenvalue weighted by Gasteiger charge is 2.07. The molecule has 0 fully saturated rings. The molecule has 0 amide bonds. The summed E-state index contributed by atoms with van der Waals surface area (Å²) in [6.45, 7) is 3.93. The third-order valence-electron chi connectivity index (χ3n) is 3.88. The van der Waals surface area contributed by atoms with E-state index < -0.39 is 0 Å². The van der Waals surface area contributed by atoms with E-state index in [1.54, 1.807) is 21.3 Å². The van der Waals surface area contributed by atoms with Gasteiger partial charge in [-0.25, -0.2) is 4.99 Å². The van der Waals surface area contributed by atoms with Gasteiger partial charge in [0.25, 0.3) is 0 Å². The summed E-state index contributed by atoms with van der Waals surface area (Å²) < 4.78 is 16.1. The van der Waals surface area contributed by atoms with Crippen LogP contribution < -0.4 is 24.8 Å². The fourth-order valence-corrected chi connectivity index (χ4v) is 2.52. The molecule has 6 nitrogen and oxygen atoms in total. The molecule has 2 aromatic carbocycles. The highest BCUT2D eigenvalue weighted by molar-refractivity contribution is 5.79. The van der Waals surface area contributed by atoms with E-state index in [9.17, 15) is 0 Å². The summed E-state index contributed by atoms with van der Waals surface area (Å²) in [5.41, 5.74) is 2.06. The van der Waals surface area contributed by atoms with E-state index in [0.29, 0.717) is 13.1 Å². The number of rotatable bonds is 8. The van der Waals surface area contributed by atoms with Crippen molar-refractivity contribution in [2.45, 2.75) is 20.0 Å². The minimum atomic E-state index is 0.527. The molecule has 0 saturated carbocycles. The van der Waals surface area contributed by atoms with Crippen LogP contribution in [0.3, 0.4) is 0 Å². The average molecular weight is 357 g/mol. The molecule has 0 aromatic heterocycles. The van der Waals surface area contributed by atoms with Gasteiger partial charge in [-0.15, -0.1) is 0 Å². The van der Waals surface area contributed by atoms with Crippen LogP contribution in [0, 0.1) is 0 Å². The van der Waals surface area contributed by atoms with Crippen LogP contribution in [0.5, 0.6) is 17.2 Å². The van der Waals surface area contributed by atoms with Crippen LogP contribution in [0.25, 0.3) is 0 Å². The molecular weight excluding hydrogens is 330 g/mol. The predicted molar refractivity (Wildman–Crippen MR) is 104 cm³/mol. The lowest BCUT2D eigenvalue weighted by molar-refractivity contribution is 0.390. The molecule has 0 unspecified atom stereocenters. The Morgan fingerprint density at radius 1 is 0.885 bits per heavy atom. The topological polar surface area (TPSA) is 64.1 Å². The van der Waals surface area contributed by atoms with Crippen LogP contribution in [-0.2, 0) is 13.1 Å². The van der Waals surface area contributed by atoms with Gasteiger partial charge in [0.1, 0.15) is 17.2 Å². The summed E-state index contributed by atoms with van der Waals surface area (Å²) in [7, 11) is 4.96. The normalized spacial score (nSPS) is 11.0. The molecule has 0 aliphatic heterocycles. The lowest BCUT2D eigenvalue weighted by Crippen LogP contribution is -2.36. The molecule has 2 N–H and O–H groups in total. The number of para-hydroxylation sites is 1. The maximum absolute atomic E-state index is 5.44. The molecule has 0 saturated heterocycles. The summed E-state index contributed by atoms with van der Waals surface area (Å²) in [6.07, 6.45) is 0. The van der Waals surface area contributed by atoms with Crippen molar-refractivity contribution in [2.24, 2.45) is 4.99 Å². The summed E-state index contributed by atoms with van der Waals surface area (Å²) in [5.74, 6) is 3.11. The first kappa shape index (κ1) is 19.4. The first-order valence-corrected chi connectivity index (χ1v) is 8.56. The zero-order valence-electron chi connectivity index (χ0n) is 15.8. The summed E-state index contributed by atoms with van der Waals surface area (Å²) in [5, 5.41) is 6.59. The monoisotopic (exact) mass is 357 g/mol. The van der Waals surface area contributed by atoms with Gasteiger partial charge in [-0.05, 0) is 25.1 Å². The van der Waals surface area contributed by atoms with Gasteiger partial charge in [-0.1, -0.05) is 18.2 Å². The van der Waals surface area contributed by atoms with Crippen molar-refractivity contribution >= 4 is 5.96 Å². The Bertz CT molecular complexity index is 732. The number of nitrogens with one attached hydrogen (secondary N) is 2. The molecule has 0 bridgehead atoms. The van der Waals surface area contributed by atoms with Gasteiger partial charge < -0.3 is 24.8 Å². The number of hydrogen-bond acceptors (Lipinski definition) is 4. The van der Waals surface area contributed by atoms with E-state index in [1.165, 1.54) is 0 Å². The third-order valence-corrected chi connectivity index (χ3v) is 3.88. The lowest BCUT2D eigenvalue weighted by atomic mass is 10.2. The van der Waals surface area contributed by atoms with E-state index >= 15 is 0 Å². The Balaban J connectivity index is 2.08. The molecule has 0 spiro atoms. The quantitative estimate of drug-likeness (QED) is 0.562. The second kappa shape index (κ2) is 10.2. The second-order valence-corrected chi connectivity index (χ2v) is 5.54. The van der Waals surface area contributed by atoms with Crippen molar-refractivity contribution in [3.63, 3.8) is 0 Å². The Morgan fingerprint density at radius 3 is 2.35 bits per heavy atom. The van der Waals surface area contributed by atoms with E-state index in [2.05, 4.69) is 15.6 Å². The fourth-order valence-electron chi connectivity index (χ4n) is 2.52. The van der Waals surface area contributed by atoms with Crippen molar-refractivity contribution in [2.75, 3.05) is 27.9 Å². The molecule has 140 valence electrons. The van der Waals surface area contributed by atoms with Crippen LogP contribution in [0.4, 0.5) is 0 Å². The van der Waals surface area contributed by atoms with Gasteiger partial charge in [-0.2, -0.15) is 0 Å². The molecule has 2 rings (SSSR count). The molecule has 2 aromatic rings. The highest BCUT2D eigenvalue weighted by atomic mass is 16.5. The van der Waals surface area contributed by atoms with Gasteiger partial charge in [0.15, 0.2) is 5.96 Å². The zero-order chi connectivity index (χ0) is 18.8. The lowest BCUT2D eigenvalue weighted by Gasteiger charge is -2.14. The van der Waals surface area contributed by atoms with Gasteiger partial charge in [-0.3, -0.25) is 0 Å². The molecule has 0 radical (unpaired) electrons. The van der Waals surface area contributed by atoms with Crippen molar-refractivity contribution in [1.82, 2.24) is 10.6 Å². The van der Waals surface area contributed by atoms with Crippen molar-refractivity contribution in [3.05, 3.63) is 53.6 Å². The number of aliphatic imine (C=N–C) groups is 1. The van der Waals surface area contributed by atoms with E-state index in [-0.39, 0.29) is 0 Å². The van der Waals surface area contributed by atoms with Gasteiger partial charge in [0.05, 0.1) is 27.9 Å². The molecule has 0 aliphatic carbocycles. The standard InChI is InChI=1S/C20H27N3O3/c1-5-21-20(22-13-15-8-6-7-9-18(15)25-3)23-14-16-10-11-17(24-2)12-19(16)26-4/h6-12H,5,13-14H2,1-4H3,(H2,21,22,23). The largest absolute Gasteiger partial charge is 0.497 e. The van der Waals surface area contributed by atoms with Crippen molar-refractivity contribution < 1.29 is 14.2 Å². The number of nitrogens with zero attached hydrogens (tertiary/aromatic N) is 1. The molecule has 6 heteroatoms. The van der Waals surface area contributed by atoms with Crippen LogP contribution in [0.1, 0.15) is 18.1 Å². The number of guanidine groups is 1. The first-order chi connectivity index (χ1) is 12.7. The number of ether oxygens (including phenoxy) is 3. The van der Waals surface area contributed by atoms with E-state index in [1.807, 2.05) is 49.4 Å². The predicted octanol–water partition coefficient (Wildman–Crippen LogP) is 2.97. The van der Waals surface area contributed by atoms with Crippen molar-refractivity contribution in [1.29, 1.82) is 0 Å². The Labute approximate surface area is 155 Å². The third kappa shape index (κ3) is 5.31. The second-order valence-electron chi connectivity index (χ2n) is 5.54. The molecule has 0 atom stereocenters. The van der Waals surface area contributed by atoms with Gasteiger partial charge >= 0.3 is 0 Å². The van der Waals surface area contributed by atoms with Gasteiger partial charge in [0.2, 0.25) is 0 Å². The molecule has 0 aliphatic rings. The average Bonchev–Trinajstić information content (AvgIpc) is 2.70. The summed E-state index contributed by atoms with van der Waals surface area (Å²) in [6, 6.07) is 13.6. The minimum Gasteiger partial charge on any atom is -0.497 e. The van der Waals surface area contributed by atoms with Crippen molar-refractivity contribution in [3.8, 4) is 17.2 Å². The number of methoxy groups -OCH3 is 3. The number of hydrogen-bond donors (Lipinski definition) is 2. The highest BCUT2D eigenvalue weighted by Crippen LogP contribution is 2.24. The van der Waals surface area contributed by atoms with Crippen LogP contribution in [-0.4, -0.2) is 33.8 Å². The SMILES string of the molecule is CCNC(=NCc1ccccc1OC)NCc1ccc(OC)cc1OC. The van der Waals surface area contributed by atoms with E-state index in [0.717, 1.165) is 40.9 Å². The van der Waals surface area contributed by atoms with Crippen LogP contribution in [0.2, 0.25) is 0 Å². The maximum atomic E-state index is 5.44. The summed E-state index contributed by atoms with van der Waals surface area (Å²) >= 11 is 0. The van der Waals surface area contributed by atoms with Gasteiger partial charge in [0, 0.05) is 30.3 Å². The fraction of sp³-hybridized carbons (Fsp3) is 0.350. The molecule has 26 heavy (non-hydrogen) atoms. The molecule has 0 heterocycles.